The molecule has 5 nitrogen and oxygen atoms in total. The maximum absolute atomic E-state index is 11.8. The van der Waals surface area contributed by atoms with Crippen molar-refractivity contribution in [2.24, 2.45) is 5.10 Å². The summed E-state index contributed by atoms with van der Waals surface area (Å²) >= 11 is 0. The van der Waals surface area contributed by atoms with Crippen LogP contribution in [0.5, 0.6) is 5.75 Å². The van der Waals surface area contributed by atoms with E-state index in [0.717, 1.165) is 28.1 Å². The highest BCUT2D eigenvalue weighted by Gasteiger charge is 2.01. The molecular weight excluding hydrogens is 290 g/mol. The number of nitrogens with zero attached hydrogens (tertiary/aromatic N) is 1. The topological polar surface area (TPSA) is 62.7 Å². The Morgan fingerprint density at radius 1 is 1.22 bits per heavy atom. The van der Waals surface area contributed by atoms with Gasteiger partial charge >= 0.3 is 0 Å². The molecule has 0 aliphatic heterocycles. The van der Waals surface area contributed by atoms with E-state index in [0.29, 0.717) is 0 Å². The number of methoxy groups -OCH3 is 1. The summed E-state index contributed by atoms with van der Waals surface area (Å²) in [5.41, 5.74) is 6.59. The third kappa shape index (κ3) is 5.14. The number of hydrogen-bond donors (Lipinski definition) is 2. The first kappa shape index (κ1) is 16.5. The quantitative estimate of drug-likeness (QED) is 0.637. The van der Waals surface area contributed by atoms with E-state index < -0.39 is 0 Å². The van der Waals surface area contributed by atoms with Crippen LogP contribution < -0.4 is 15.5 Å². The molecule has 0 spiro atoms. The fourth-order valence-corrected chi connectivity index (χ4v) is 2.03. The van der Waals surface area contributed by atoms with Crippen LogP contribution in [0.1, 0.15) is 16.7 Å². The Kier molecular flexibility index (Phi) is 5.74. The number of rotatable bonds is 6. The Morgan fingerprint density at radius 2 is 2.04 bits per heavy atom. The average Bonchev–Trinajstić information content (AvgIpc) is 2.56. The molecule has 0 saturated carbocycles. The van der Waals surface area contributed by atoms with E-state index in [1.165, 1.54) is 0 Å². The van der Waals surface area contributed by atoms with Gasteiger partial charge in [-0.05, 0) is 37.1 Å². The predicted octanol–water partition coefficient (Wildman–Crippen LogP) is 2.87. The third-order valence-corrected chi connectivity index (χ3v) is 3.35. The zero-order valence-electron chi connectivity index (χ0n) is 13.6. The van der Waals surface area contributed by atoms with Gasteiger partial charge in [0.2, 0.25) is 0 Å². The minimum Gasteiger partial charge on any atom is -0.497 e. The first-order valence-corrected chi connectivity index (χ1v) is 7.35. The molecule has 0 bridgehead atoms. The van der Waals surface area contributed by atoms with Gasteiger partial charge in [-0.1, -0.05) is 29.8 Å². The lowest BCUT2D eigenvalue weighted by atomic mass is 10.1. The Hall–Kier alpha value is -2.82. The van der Waals surface area contributed by atoms with Gasteiger partial charge in [-0.3, -0.25) is 4.79 Å². The van der Waals surface area contributed by atoms with Crippen molar-refractivity contribution in [3.63, 3.8) is 0 Å². The van der Waals surface area contributed by atoms with Crippen LogP contribution in [0.25, 0.3) is 0 Å². The van der Waals surface area contributed by atoms with E-state index in [-0.39, 0.29) is 12.5 Å². The van der Waals surface area contributed by atoms with Crippen LogP contribution in [0.2, 0.25) is 0 Å². The van der Waals surface area contributed by atoms with Crippen LogP contribution >= 0.6 is 0 Å². The number of nitrogens with one attached hydrogen (secondary N) is 2. The highest BCUT2D eigenvalue weighted by molar-refractivity contribution is 5.85. The van der Waals surface area contributed by atoms with Crippen molar-refractivity contribution in [3.05, 3.63) is 59.2 Å². The van der Waals surface area contributed by atoms with Crippen molar-refractivity contribution in [2.45, 2.75) is 13.8 Å². The molecule has 0 heterocycles. The summed E-state index contributed by atoms with van der Waals surface area (Å²) in [5, 5.41) is 7.02. The third-order valence-electron chi connectivity index (χ3n) is 3.35. The molecule has 120 valence electrons. The van der Waals surface area contributed by atoms with Gasteiger partial charge in [-0.15, -0.1) is 0 Å². The second kappa shape index (κ2) is 7.98. The zero-order valence-corrected chi connectivity index (χ0v) is 13.6. The number of carbonyl (C=O) groups is 1. The summed E-state index contributed by atoms with van der Waals surface area (Å²) in [6.45, 7) is 4.16. The monoisotopic (exact) mass is 311 g/mol. The molecular formula is C18H21N3O2. The second-order valence-electron chi connectivity index (χ2n) is 5.24. The number of hydrogen-bond acceptors (Lipinski definition) is 4. The van der Waals surface area contributed by atoms with Gasteiger partial charge in [0, 0.05) is 11.8 Å². The Bertz CT molecular complexity index is 711. The molecule has 1 amide bonds. The van der Waals surface area contributed by atoms with Gasteiger partial charge in [0.25, 0.3) is 5.91 Å². The highest BCUT2D eigenvalue weighted by atomic mass is 16.5. The number of benzene rings is 2. The lowest BCUT2D eigenvalue weighted by molar-refractivity contribution is -0.119. The van der Waals surface area contributed by atoms with Crippen molar-refractivity contribution in [1.29, 1.82) is 0 Å². The number of anilines is 1. The summed E-state index contributed by atoms with van der Waals surface area (Å²) in [6, 6.07) is 13.5. The summed E-state index contributed by atoms with van der Waals surface area (Å²) in [6.07, 6.45) is 1.66. The van der Waals surface area contributed by atoms with E-state index >= 15 is 0 Å². The van der Waals surface area contributed by atoms with Gasteiger partial charge in [0.1, 0.15) is 5.75 Å². The molecule has 0 unspecified atom stereocenters. The molecule has 0 aliphatic carbocycles. The van der Waals surface area contributed by atoms with Crippen LogP contribution in [-0.2, 0) is 4.79 Å². The van der Waals surface area contributed by atoms with Crippen molar-refractivity contribution in [2.75, 3.05) is 19.0 Å². The van der Waals surface area contributed by atoms with Crippen LogP contribution in [-0.4, -0.2) is 25.8 Å². The first-order chi connectivity index (χ1) is 11.1. The molecule has 0 atom stereocenters. The minimum absolute atomic E-state index is 0.136. The maximum Gasteiger partial charge on any atom is 0.259 e. The fraction of sp³-hybridized carbons (Fsp3) is 0.222. The predicted molar refractivity (Wildman–Crippen MR) is 93.1 cm³/mol. The molecule has 0 aliphatic rings. The van der Waals surface area contributed by atoms with Crippen LogP contribution in [0, 0.1) is 13.8 Å². The minimum atomic E-state index is -0.214. The molecule has 23 heavy (non-hydrogen) atoms. The van der Waals surface area contributed by atoms with Crippen LogP contribution in [0.3, 0.4) is 0 Å². The molecule has 2 aromatic carbocycles. The zero-order chi connectivity index (χ0) is 16.7. The van der Waals surface area contributed by atoms with E-state index in [4.69, 9.17) is 4.74 Å². The normalized spacial score (nSPS) is 10.6. The van der Waals surface area contributed by atoms with Gasteiger partial charge in [0.15, 0.2) is 0 Å². The number of aryl methyl sites for hydroxylation is 2. The van der Waals surface area contributed by atoms with E-state index in [1.54, 1.807) is 13.3 Å². The van der Waals surface area contributed by atoms with E-state index in [9.17, 15) is 4.79 Å². The second-order valence-corrected chi connectivity index (χ2v) is 5.24. The number of ether oxygens (including phenoxy) is 1. The summed E-state index contributed by atoms with van der Waals surface area (Å²) < 4.78 is 5.13. The van der Waals surface area contributed by atoms with Crippen molar-refractivity contribution >= 4 is 17.8 Å². The van der Waals surface area contributed by atoms with Crippen molar-refractivity contribution in [1.82, 2.24) is 5.43 Å². The maximum atomic E-state index is 11.8. The molecule has 0 saturated heterocycles. The molecule has 2 N–H and O–H groups in total. The van der Waals surface area contributed by atoms with Gasteiger partial charge in [-0.25, -0.2) is 5.43 Å². The van der Waals surface area contributed by atoms with Crippen LogP contribution in [0.4, 0.5) is 5.69 Å². The summed E-state index contributed by atoms with van der Waals surface area (Å²) in [4.78, 5) is 11.8. The molecule has 5 heteroatoms. The van der Waals surface area contributed by atoms with Gasteiger partial charge in [0.05, 0.1) is 19.9 Å². The lowest BCUT2D eigenvalue weighted by Gasteiger charge is -2.07. The average molecular weight is 311 g/mol. The molecule has 0 radical (unpaired) electrons. The standard InChI is InChI=1S/C18H21N3O2/c1-13-7-8-14(2)15(9-13)11-20-21-18(22)12-19-16-5-4-6-17(10-16)23-3/h4-11,19H,12H2,1-3H3,(H,21,22)/b20-11-. The molecule has 0 fully saturated rings. The van der Waals surface area contributed by atoms with Gasteiger partial charge < -0.3 is 10.1 Å². The largest absolute Gasteiger partial charge is 0.497 e. The fourth-order valence-electron chi connectivity index (χ4n) is 2.03. The van der Waals surface area contributed by atoms with Crippen LogP contribution in [0.15, 0.2) is 47.6 Å². The number of carbonyl (C=O) groups excluding carboxylic acids is 1. The molecule has 2 aromatic rings. The Labute approximate surface area is 136 Å². The molecule has 2 rings (SSSR count). The summed E-state index contributed by atoms with van der Waals surface area (Å²) in [7, 11) is 1.60. The number of amides is 1. The Balaban J connectivity index is 1.85. The molecule has 0 aromatic heterocycles. The smallest absolute Gasteiger partial charge is 0.259 e. The SMILES string of the molecule is COc1cccc(NCC(=O)N/N=C\c2cc(C)ccc2C)c1. The van der Waals surface area contributed by atoms with Crippen molar-refractivity contribution < 1.29 is 9.53 Å². The van der Waals surface area contributed by atoms with E-state index in [2.05, 4.69) is 15.8 Å². The number of hydrazone groups is 1. The van der Waals surface area contributed by atoms with E-state index in [1.807, 2.05) is 56.3 Å². The Morgan fingerprint density at radius 3 is 2.83 bits per heavy atom. The first-order valence-electron chi connectivity index (χ1n) is 7.35. The lowest BCUT2D eigenvalue weighted by Crippen LogP contribution is -2.25. The highest BCUT2D eigenvalue weighted by Crippen LogP contribution is 2.16. The van der Waals surface area contributed by atoms with Gasteiger partial charge in [-0.2, -0.15) is 5.10 Å². The van der Waals surface area contributed by atoms with Crippen molar-refractivity contribution in [3.8, 4) is 5.75 Å². The summed E-state index contributed by atoms with van der Waals surface area (Å²) in [5.74, 6) is 0.526.